The maximum absolute atomic E-state index is 12.8. The van der Waals surface area contributed by atoms with Gasteiger partial charge in [-0.1, -0.05) is 12.8 Å². The van der Waals surface area contributed by atoms with E-state index < -0.39 is 17.0 Å². The number of likely N-dealkylation sites (tertiary alicyclic amines) is 1. The molecule has 0 bridgehead atoms. The summed E-state index contributed by atoms with van der Waals surface area (Å²) in [4.78, 5) is 37.8. The Morgan fingerprint density at radius 1 is 1.14 bits per heavy atom. The molecule has 0 aromatic carbocycles. The summed E-state index contributed by atoms with van der Waals surface area (Å²) < 4.78 is 0. The summed E-state index contributed by atoms with van der Waals surface area (Å²) in [6, 6.07) is -0.436. The Bertz CT molecular complexity index is 477. The van der Waals surface area contributed by atoms with Gasteiger partial charge in [-0.2, -0.15) is 0 Å². The van der Waals surface area contributed by atoms with E-state index in [4.69, 9.17) is 5.73 Å². The molecule has 0 radical (unpaired) electrons. The summed E-state index contributed by atoms with van der Waals surface area (Å²) in [5.41, 5.74) is 4.65. The lowest BCUT2D eigenvalue weighted by Crippen LogP contribution is -2.58. The van der Waals surface area contributed by atoms with E-state index in [9.17, 15) is 14.4 Å². The molecule has 0 aromatic heterocycles. The number of urea groups is 1. The zero-order chi connectivity index (χ0) is 15.1. The third kappa shape index (κ3) is 2.19. The second kappa shape index (κ2) is 4.98. The molecule has 3 aliphatic rings. The second-order valence-corrected chi connectivity index (χ2v) is 6.47. The molecule has 2 aliphatic heterocycles. The van der Waals surface area contributed by atoms with Gasteiger partial charge >= 0.3 is 6.03 Å². The second-order valence-electron chi connectivity index (χ2n) is 6.47. The smallest absolute Gasteiger partial charge is 0.322 e. The molecule has 0 aromatic rings. The van der Waals surface area contributed by atoms with Gasteiger partial charge in [0.1, 0.15) is 5.54 Å². The largest absolute Gasteiger partial charge is 0.342 e. The van der Waals surface area contributed by atoms with E-state index in [-0.39, 0.29) is 11.8 Å². The number of piperidine rings is 1. The highest BCUT2D eigenvalue weighted by Gasteiger charge is 2.50. The average Bonchev–Trinajstić information content (AvgIpc) is 3.06. The first-order valence-corrected chi connectivity index (χ1v) is 7.64. The number of nitrogens with zero attached hydrogens (tertiary/aromatic N) is 1. The first-order chi connectivity index (χ1) is 10.0. The fourth-order valence-corrected chi connectivity index (χ4v) is 3.86. The SMILES string of the molecule is NCC1(C(=O)N2CCC3(CC2)NC(=O)NC3=O)CCCC1. The van der Waals surface area contributed by atoms with E-state index in [0.717, 1.165) is 25.7 Å². The quantitative estimate of drug-likeness (QED) is 0.608. The van der Waals surface area contributed by atoms with E-state index in [1.807, 2.05) is 4.90 Å². The van der Waals surface area contributed by atoms with Crippen LogP contribution >= 0.6 is 0 Å². The van der Waals surface area contributed by atoms with Crippen molar-refractivity contribution in [3.05, 3.63) is 0 Å². The molecule has 1 saturated carbocycles. The lowest BCUT2D eigenvalue weighted by atomic mass is 9.82. The van der Waals surface area contributed by atoms with Crippen LogP contribution in [0.15, 0.2) is 0 Å². The topological polar surface area (TPSA) is 105 Å². The molecule has 4 amide bonds. The molecule has 0 unspecified atom stereocenters. The molecule has 4 N–H and O–H groups in total. The summed E-state index contributed by atoms with van der Waals surface area (Å²) in [6.45, 7) is 1.38. The molecule has 116 valence electrons. The lowest BCUT2D eigenvalue weighted by molar-refractivity contribution is -0.144. The Hall–Kier alpha value is -1.63. The molecule has 1 aliphatic carbocycles. The molecular weight excluding hydrogens is 272 g/mol. The van der Waals surface area contributed by atoms with Gasteiger partial charge < -0.3 is 16.0 Å². The fraction of sp³-hybridized carbons (Fsp3) is 0.786. The number of nitrogens with one attached hydrogen (secondary N) is 2. The van der Waals surface area contributed by atoms with Crippen LogP contribution in [0.4, 0.5) is 4.79 Å². The molecule has 0 atom stereocenters. The van der Waals surface area contributed by atoms with Crippen molar-refractivity contribution in [2.45, 2.75) is 44.1 Å². The molecule has 7 heteroatoms. The summed E-state index contributed by atoms with van der Waals surface area (Å²) in [7, 11) is 0. The zero-order valence-electron chi connectivity index (χ0n) is 12.1. The molecule has 21 heavy (non-hydrogen) atoms. The zero-order valence-corrected chi connectivity index (χ0v) is 12.1. The molecule has 2 heterocycles. The molecule has 2 saturated heterocycles. The Balaban J connectivity index is 1.67. The third-order valence-corrected chi connectivity index (χ3v) is 5.32. The van der Waals surface area contributed by atoms with Gasteiger partial charge in [-0.05, 0) is 25.7 Å². The first kappa shape index (κ1) is 14.3. The lowest BCUT2D eigenvalue weighted by Gasteiger charge is -2.40. The Morgan fingerprint density at radius 2 is 1.76 bits per heavy atom. The van der Waals surface area contributed by atoms with Gasteiger partial charge in [0.25, 0.3) is 5.91 Å². The number of imide groups is 1. The van der Waals surface area contributed by atoms with Crippen molar-refractivity contribution < 1.29 is 14.4 Å². The molecule has 1 spiro atoms. The Morgan fingerprint density at radius 3 is 2.24 bits per heavy atom. The van der Waals surface area contributed by atoms with Gasteiger partial charge in [-0.25, -0.2) is 4.79 Å². The van der Waals surface area contributed by atoms with Crippen molar-refractivity contribution in [1.82, 2.24) is 15.5 Å². The maximum atomic E-state index is 12.8. The Kier molecular flexibility index (Phi) is 3.39. The highest BCUT2D eigenvalue weighted by Crippen LogP contribution is 2.40. The summed E-state index contributed by atoms with van der Waals surface area (Å²) >= 11 is 0. The van der Waals surface area contributed by atoms with Gasteiger partial charge in [0.05, 0.1) is 5.41 Å². The number of nitrogens with two attached hydrogens (primary N) is 1. The molecular formula is C14H22N4O3. The van der Waals surface area contributed by atoms with Crippen LogP contribution in [0.25, 0.3) is 0 Å². The number of rotatable bonds is 2. The van der Waals surface area contributed by atoms with Crippen molar-refractivity contribution in [2.24, 2.45) is 11.1 Å². The monoisotopic (exact) mass is 294 g/mol. The van der Waals surface area contributed by atoms with Crippen LogP contribution in [0, 0.1) is 5.41 Å². The van der Waals surface area contributed by atoms with Crippen LogP contribution in [-0.2, 0) is 9.59 Å². The van der Waals surface area contributed by atoms with Crippen molar-refractivity contribution in [1.29, 1.82) is 0 Å². The van der Waals surface area contributed by atoms with E-state index in [2.05, 4.69) is 10.6 Å². The van der Waals surface area contributed by atoms with Crippen LogP contribution in [0.2, 0.25) is 0 Å². The number of hydrogen-bond donors (Lipinski definition) is 3. The third-order valence-electron chi connectivity index (χ3n) is 5.32. The Labute approximate surface area is 123 Å². The number of carbonyl (C=O) groups is 3. The van der Waals surface area contributed by atoms with E-state index >= 15 is 0 Å². The van der Waals surface area contributed by atoms with Crippen LogP contribution in [0.1, 0.15) is 38.5 Å². The van der Waals surface area contributed by atoms with Crippen LogP contribution in [-0.4, -0.2) is 47.9 Å². The van der Waals surface area contributed by atoms with Gasteiger partial charge in [0.15, 0.2) is 0 Å². The van der Waals surface area contributed by atoms with Crippen LogP contribution in [0.5, 0.6) is 0 Å². The highest BCUT2D eigenvalue weighted by molar-refractivity contribution is 6.07. The summed E-state index contributed by atoms with van der Waals surface area (Å²) in [5.74, 6) is -0.143. The predicted octanol–water partition coefficient (Wildman–Crippen LogP) is -0.294. The summed E-state index contributed by atoms with van der Waals surface area (Å²) in [6.07, 6.45) is 4.77. The molecule has 3 rings (SSSR count). The minimum absolute atomic E-state index is 0.127. The number of amides is 4. The highest BCUT2D eigenvalue weighted by atomic mass is 16.2. The first-order valence-electron chi connectivity index (χ1n) is 7.64. The van der Waals surface area contributed by atoms with Crippen molar-refractivity contribution in [2.75, 3.05) is 19.6 Å². The average molecular weight is 294 g/mol. The normalized spacial score (nSPS) is 26.8. The van der Waals surface area contributed by atoms with E-state index in [0.29, 0.717) is 32.5 Å². The van der Waals surface area contributed by atoms with Crippen molar-refractivity contribution in [3.8, 4) is 0 Å². The fourth-order valence-electron chi connectivity index (χ4n) is 3.86. The standard InChI is InChI=1S/C14H22N4O3/c15-9-13(3-1-2-4-13)11(20)18-7-5-14(6-8-18)10(19)16-12(21)17-14/h1-9,15H2,(H2,16,17,19,21). The van der Waals surface area contributed by atoms with Crippen molar-refractivity contribution in [3.63, 3.8) is 0 Å². The van der Waals surface area contributed by atoms with Gasteiger partial charge in [-0.15, -0.1) is 0 Å². The minimum atomic E-state index is -0.820. The van der Waals surface area contributed by atoms with E-state index in [1.54, 1.807) is 0 Å². The minimum Gasteiger partial charge on any atom is -0.342 e. The van der Waals surface area contributed by atoms with Crippen molar-refractivity contribution >= 4 is 17.8 Å². The number of hydrogen-bond acceptors (Lipinski definition) is 4. The number of carbonyl (C=O) groups excluding carboxylic acids is 3. The van der Waals surface area contributed by atoms with Gasteiger partial charge in [-0.3, -0.25) is 14.9 Å². The van der Waals surface area contributed by atoms with Crippen LogP contribution in [0.3, 0.4) is 0 Å². The molecule has 3 fully saturated rings. The predicted molar refractivity (Wildman–Crippen MR) is 75.2 cm³/mol. The van der Waals surface area contributed by atoms with Crippen LogP contribution < -0.4 is 16.4 Å². The van der Waals surface area contributed by atoms with Gasteiger partial charge in [0.2, 0.25) is 5.91 Å². The maximum Gasteiger partial charge on any atom is 0.322 e. The molecule has 7 nitrogen and oxygen atoms in total. The van der Waals surface area contributed by atoms with E-state index in [1.165, 1.54) is 0 Å². The summed E-state index contributed by atoms with van der Waals surface area (Å²) in [5, 5.41) is 4.99. The van der Waals surface area contributed by atoms with Gasteiger partial charge in [0, 0.05) is 19.6 Å².